The lowest BCUT2D eigenvalue weighted by Gasteiger charge is -2.11. The lowest BCUT2D eigenvalue weighted by atomic mass is 10.1. The Morgan fingerprint density at radius 3 is 2.94 bits per heavy atom. The topological polar surface area (TPSA) is 79.7 Å². The van der Waals surface area contributed by atoms with E-state index in [-0.39, 0.29) is 5.84 Å². The number of para-hydroxylation sites is 1. The summed E-state index contributed by atoms with van der Waals surface area (Å²) in [6.07, 6.45) is 1.77. The molecule has 5 heteroatoms. The Balaban J connectivity index is 2.46. The number of nitrogens with zero attached hydrogens (tertiary/aromatic N) is 2. The van der Waals surface area contributed by atoms with Crippen molar-refractivity contribution in [3.8, 4) is 0 Å². The summed E-state index contributed by atoms with van der Waals surface area (Å²) in [7, 11) is 0. The molecule has 5 nitrogen and oxygen atoms in total. The molecule has 0 unspecified atom stereocenters. The Morgan fingerprint density at radius 1 is 1.53 bits per heavy atom. The van der Waals surface area contributed by atoms with E-state index >= 15 is 0 Å². The van der Waals surface area contributed by atoms with Gasteiger partial charge in [0.25, 0.3) is 0 Å². The smallest absolute Gasteiger partial charge is 0.124 e. The fourth-order valence-corrected chi connectivity index (χ4v) is 1.75. The first-order valence-corrected chi connectivity index (χ1v) is 5.61. The molecule has 4 N–H and O–H groups in total. The number of nitrogens with one attached hydrogen (secondary N) is 2. The van der Waals surface area contributed by atoms with Gasteiger partial charge in [-0.1, -0.05) is 6.07 Å². The van der Waals surface area contributed by atoms with Gasteiger partial charge in [0, 0.05) is 11.6 Å². The average Bonchev–Trinajstić information content (AvgIpc) is 2.69. The van der Waals surface area contributed by atoms with Gasteiger partial charge in [-0.25, -0.2) is 4.98 Å². The van der Waals surface area contributed by atoms with Crippen molar-refractivity contribution in [1.29, 1.82) is 5.41 Å². The van der Waals surface area contributed by atoms with Crippen LogP contribution < -0.4 is 11.1 Å². The highest BCUT2D eigenvalue weighted by atomic mass is 15.2. The summed E-state index contributed by atoms with van der Waals surface area (Å²) < 4.78 is 1.98. The predicted octanol–water partition coefficient (Wildman–Crippen LogP) is 1.28. The maximum atomic E-state index is 7.59. The molecule has 0 fully saturated rings. The molecule has 0 spiro atoms. The van der Waals surface area contributed by atoms with E-state index in [1.54, 1.807) is 6.33 Å². The molecule has 0 bridgehead atoms. The molecule has 0 aliphatic carbocycles. The van der Waals surface area contributed by atoms with E-state index in [0.29, 0.717) is 12.7 Å². The molecule has 1 aromatic heterocycles. The molecule has 0 saturated carbocycles. The first-order valence-electron chi connectivity index (χ1n) is 5.61. The van der Waals surface area contributed by atoms with Crippen LogP contribution in [0.15, 0.2) is 24.5 Å². The number of imidazole rings is 1. The second-order valence-electron chi connectivity index (χ2n) is 4.32. The standard InChI is InChI=1S/C12H17N5/c1-8(2)15-6-17-7-16-10-5-3-4-9(11(10)17)12(13)14/h3-5,7-8,15H,6H2,1-2H3,(H3,13,14). The lowest BCUT2D eigenvalue weighted by molar-refractivity contribution is 0.506. The van der Waals surface area contributed by atoms with Gasteiger partial charge in [0.2, 0.25) is 0 Å². The molecule has 0 aliphatic rings. The van der Waals surface area contributed by atoms with Crippen molar-refractivity contribution in [2.45, 2.75) is 26.6 Å². The number of fused-ring (bicyclic) bond motifs is 1. The van der Waals surface area contributed by atoms with E-state index in [2.05, 4.69) is 24.1 Å². The molecule has 0 aliphatic heterocycles. The van der Waals surface area contributed by atoms with Crippen LogP contribution in [0.1, 0.15) is 19.4 Å². The largest absolute Gasteiger partial charge is 0.384 e. The van der Waals surface area contributed by atoms with Gasteiger partial charge < -0.3 is 10.3 Å². The minimum absolute atomic E-state index is 0.0712. The van der Waals surface area contributed by atoms with Crippen LogP contribution in [0.5, 0.6) is 0 Å². The number of nitrogens with two attached hydrogens (primary N) is 1. The van der Waals surface area contributed by atoms with E-state index in [9.17, 15) is 0 Å². The molecule has 1 aromatic carbocycles. The zero-order chi connectivity index (χ0) is 12.4. The summed E-state index contributed by atoms with van der Waals surface area (Å²) in [6, 6.07) is 6.04. The summed E-state index contributed by atoms with van der Waals surface area (Å²) in [5, 5.41) is 10.9. The molecule has 17 heavy (non-hydrogen) atoms. The Morgan fingerprint density at radius 2 is 2.29 bits per heavy atom. The number of benzene rings is 1. The fourth-order valence-electron chi connectivity index (χ4n) is 1.75. The van der Waals surface area contributed by atoms with Gasteiger partial charge in [-0.3, -0.25) is 10.7 Å². The number of amidine groups is 1. The average molecular weight is 231 g/mol. The molecule has 0 amide bonds. The Bertz CT molecular complexity index is 541. The van der Waals surface area contributed by atoms with E-state index < -0.39 is 0 Å². The highest BCUT2D eigenvalue weighted by molar-refractivity contribution is 6.05. The highest BCUT2D eigenvalue weighted by Gasteiger charge is 2.09. The monoisotopic (exact) mass is 231 g/mol. The molecule has 2 aromatic rings. The maximum Gasteiger partial charge on any atom is 0.124 e. The number of hydrogen-bond donors (Lipinski definition) is 3. The van der Waals surface area contributed by atoms with E-state index in [4.69, 9.17) is 11.1 Å². The lowest BCUT2D eigenvalue weighted by Crippen LogP contribution is -2.25. The Hall–Kier alpha value is -1.88. The van der Waals surface area contributed by atoms with Gasteiger partial charge >= 0.3 is 0 Å². The summed E-state index contributed by atoms with van der Waals surface area (Å²) in [6.45, 7) is 4.84. The van der Waals surface area contributed by atoms with Crippen LogP contribution in [-0.2, 0) is 6.67 Å². The predicted molar refractivity (Wildman–Crippen MR) is 69.0 cm³/mol. The van der Waals surface area contributed by atoms with Crippen LogP contribution in [0, 0.1) is 5.41 Å². The quantitative estimate of drug-likeness (QED) is 0.547. The third kappa shape index (κ3) is 2.29. The normalized spacial score (nSPS) is 11.2. The number of aromatic nitrogens is 2. The summed E-state index contributed by atoms with van der Waals surface area (Å²) in [5.41, 5.74) is 8.09. The molecule has 2 rings (SSSR count). The third-order valence-corrected chi connectivity index (χ3v) is 2.60. The molecule has 0 atom stereocenters. The Labute approximate surface area is 100 Å². The molecule has 1 heterocycles. The van der Waals surface area contributed by atoms with Crippen molar-refractivity contribution in [2.24, 2.45) is 5.73 Å². The van der Waals surface area contributed by atoms with E-state index in [0.717, 1.165) is 16.6 Å². The zero-order valence-electron chi connectivity index (χ0n) is 10.1. The Kier molecular flexibility index (Phi) is 3.10. The first-order chi connectivity index (χ1) is 8.09. The van der Waals surface area contributed by atoms with Gasteiger partial charge in [-0.15, -0.1) is 0 Å². The second kappa shape index (κ2) is 4.55. The first kappa shape index (κ1) is 11.6. The molecular weight excluding hydrogens is 214 g/mol. The minimum Gasteiger partial charge on any atom is -0.384 e. The van der Waals surface area contributed by atoms with Crippen LogP contribution >= 0.6 is 0 Å². The van der Waals surface area contributed by atoms with Crippen molar-refractivity contribution in [3.63, 3.8) is 0 Å². The molecule has 0 saturated heterocycles. The molecular formula is C12H17N5. The van der Waals surface area contributed by atoms with Crippen molar-refractivity contribution in [2.75, 3.05) is 0 Å². The van der Waals surface area contributed by atoms with Gasteiger partial charge in [-0.05, 0) is 26.0 Å². The summed E-state index contributed by atoms with van der Waals surface area (Å²) in [4.78, 5) is 4.31. The summed E-state index contributed by atoms with van der Waals surface area (Å²) in [5.74, 6) is 0.0712. The van der Waals surface area contributed by atoms with Crippen molar-refractivity contribution < 1.29 is 0 Å². The van der Waals surface area contributed by atoms with Crippen LogP contribution in [0.25, 0.3) is 11.0 Å². The number of nitrogen functional groups attached to an aromatic ring is 1. The molecule has 0 radical (unpaired) electrons. The highest BCUT2D eigenvalue weighted by Crippen LogP contribution is 2.17. The summed E-state index contributed by atoms with van der Waals surface area (Å²) >= 11 is 0. The number of hydrogen-bond acceptors (Lipinski definition) is 3. The van der Waals surface area contributed by atoms with E-state index in [1.165, 1.54) is 0 Å². The van der Waals surface area contributed by atoms with Crippen LogP contribution in [0.3, 0.4) is 0 Å². The van der Waals surface area contributed by atoms with Gasteiger partial charge in [0.1, 0.15) is 5.84 Å². The SMILES string of the molecule is CC(C)NCn1cnc2cccc(C(=N)N)c21. The number of rotatable bonds is 4. The van der Waals surface area contributed by atoms with Gasteiger partial charge in [-0.2, -0.15) is 0 Å². The van der Waals surface area contributed by atoms with Crippen molar-refractivity contribution in [3.05, 3.63) is 30.1 Å². The zero-order valence-corrected chi connectivity index (χ0v) is 10.1. The second-order valence-corrected chi connectivity index (χ2v) is 4.32. The van der Waals surface area contributed by atoms with Gasteiger partial charge in [0.05, 0.1) is 24.0 Å². The van der Waals surface area contributed by atoms with Crippen LogP contribution in [0.2, 0.25) is 0 Å². The fraction of sp³-hybridized carbons (Fsp3) is 0.333. The third-order valence-electron chi connectivity index (χ3n) is 2.60. The van der Waals surface area contributed by atoms with Crippen molar-refractivity contribution in [1.82, 2.24) is 14.9 Å². The minimum atomic E-state index is 0.0712. The van der Waals surface area contributed by atoms with Crippen LogP contribution in [-0.4, -0.2) is 21.4 Å². The van der Waals surface area contributed by atoms with Gasteiger partial charge in [0.15, 0.2) is 0 Å². The molecule has 90 valence electrons. The van der Waals surface area contributed by atoms with Crippen LogP contribution in [0.4, 0.5) is 0 Å². The van der Waals surface area contributed by atoms with E-state index in [1.807, 2.05) is 22.8 Å². The van der Waals surface area contributed by atoms with Crippen molar-refractivity contribution >= 4 is 16.9 Å². The maximum absolute atomic E-state index is 7.59.